The number of hydrogen-bond donors (Lipinski definition) is 1. The first-order chi connectivity index (χ1) is 9.23. The summed E-state index contributed by atoms with van der Waals surface area (Å²) in [5, 5.41) is 0. The Hall–Kier alpha value is -0.770. The number of rotatable bonds is 3. The molecule has 19 heavy (non-hydrogen) atoms. The fourth-order valence-electron chi connectivity index (χ4n) is 4.61. The number of nitrogens with two attached hydrogens (primary N) is 1. The van der Waals surface area contributed by atoms with Crippen molar-refractivity contribution in [3.63, 3.8) is 0 Å². The van der Waals surface area contributed by atoms with E-state index < -0.39 is 0 Å². The third kappa shape index (κ3) is 1.87. The molecule has 1 spiro atoms. The Morgan fingerprint density at radius 1 is 1.32 bits per heavy atom. The number of nitrogens with zero attached hydrogens (tertiary/aromatic N) is 2. The lowest BCUT2D eigenvalue weighted by molar-refractivity contribution is -0.117. The smallest absolute Gasteiger partial charge is 0.191 e. The van der Waals surface area contributed by atoms with Crippen molar-refractivity contribution in [1.82, 2.24) is 4.90 Å². The van der Waals surface area contributed by atoms with E-state index >= 15 is 0 Å². The van der Waals surface area contributed by atoms with Crippen LogP contribution < -0.4 is 5.73 Å². The maximum Gasteiger partial charge on any atom is 0.191 e. The molecule has 1 heterocycles. The van der Waals surface area contributed by atoms with E-state index in [9.17, 15) is 0 Å². The van der Waals surface area contributed by atoms with Gasteiger partial charge in [-0.2, -0.15) is 0 Å². The summed E-state index contributed by atoms with van der Waals surface area (Å²) in [5.41, 5.74) is 6.55. The molecule has 0 aromatic carbocycles. The number of guanidine groups is 1. The average Bonchev–Trinajstić information content (AvgIpc) is 3.05. The summed E-state index contributed by atoms with van der Waals surface area (Å²) >= 11 is 0. The van der Waals surface area contributed by atoms with E-state index in [-0.39, 0.29) is 0 Å². The Labute approximate surface area is 116 Å². The van der Waals surface area contributed by atoms with E-state index in [4.69, 9.17) is 15.5 Å². The fraction of sp³-hybridized carbons (Fsp3) is 0.933. The monoisotopic (exact) mass is 265 g/mol. The van der Waals surface area contributed by atoms with Gasteiger partial charge in [0, 0.05) is 31.0 Å². The Kier molecular flexibility index (Phi) is 3.46. The Morgan fingerprint density at radius 2 is 2.00 bits per heavy atom. The topological polar surface area (TPSA) is 50.8 Å². The SMILES string of the molecule is CCN(CC)C(N)=NC1C2CCOC2C12CCCC2. The highest BCUT2D eigenvalue weighted by Gasteiger charge is 2.65. The summed E-state index contributed by atoms with van der Waals surface area (Å²) in [6, 6.07) is 0.420. The van der Waals surface area contributed by atoms with Crippen LogP contribution in [0.25, 0.3) is 0 Å². The molecular formula is C15H27N3O. The molecule has 0 bridgehead atoms. The van der Waals surface area contributed by atoms with Gasteiger partial charge in [-0.15, -0.1) is 0 Å². The molecule has 1 aliphatic heterocycles. The number of hydrogen-bond acceptors (Lipinski definition) is 2. The van der Waals surface area contributed by atoms with Gasteiger partial charge in [0.2, 0.25) is 0 Å². The van der Waals surface area contributed by atoms with Crippen LogP contribution in [-0.2, 0) is 4.74 Å². The van der Waals surface area contributed by atoms with Gasteiger partial charge in [-0.3, -0.25) is 0 Å². The van der Waals surface area contributed by atoms with E-state index in [1.807, 2.05) is 0 Å². The van der Waals surface area contributed by atoms with E-state index in [1.165, 1.54) is 32.1 Å². The zero-order valence-electron chi connectivity index (χ0n) is 12.3. The molecule has 3 atom stereocenters. The van der Waals surface area contributed by atoms with E-state index in [2.05, 4.69) is 18.7 Å². The maximum absolute atomic E-state index is 6.22. The largest absolute Gasteiger partial charge is 0.377 e. The van der Waals surface area contributed by atoms with Crippen molar-refractivity contribution in [3.8, 4) is 0 Å². The van der Waals surface area contributed by atoms with Crippen molar-refractivity contribution in [2.45, 2.75) is 58.1 Å². The summed E-state index contributed by atoms with van der Waals surface area (Å²) in [4.78, 5) is 7.10. The van der Waals surface area contributed by atoms with Crippen molar-refractivity contribution in [2.75, 3.05) is 19.7 Å². The second-order valence-corrected chi connectivity index (χ2v) is 6.29. The van der Waals surface area contributed by atoms with Crippen LogP contribution >= 0.6 is 0 Å². The van der Waals surface area contributed by atoms with Gasteiger partial charge in [0.05, 0.1) is 12.1 Å². The van der Waals surface area contributed by atoms with Gasteiger partial charge in [-0.05, 0) is 33.1 Å². The molecule has 3 fully saturated rings. The minimum absolute atomic E-state index is 0.332. The van der Waals surface area contributed by atoms with Gasteiger partial charge in [-0.25, -0.2) is 4.99 Å². The zero-order valence-corrected chi connectivity index (χ0v) is 12.3. The molecule has 0 amide bonds. The summed E-state index contributed by atoms with van der Waals surface area (Å²) in [7, 11) is 0. The first kappa shape index (κ1) is 13.2. The van der Waals surface area contributed by atoms with Gasteiger partial charge in [-0.1, -0.05) is 12.8 Å². The number of aliphatic imine (C=N–C) groups is 1. The maximum atomic E-state index is 6.22. The first-order valence-corrected chi connectivity index (χ1v) is 7.92. The van der Waals surface area contributed by atoms with Gasteiger partial charge < -0.3 is 15.4 Å². The molecule has 108 valence electrons. The van der Waals surface area contributed by atoms with Crippen LogP contribution in [0.15, 0.2) is 4.99 Å². The fourth-order valence-corrected chi connectivity index (χ4v) is 4.61. The van der Waals surface area contributed by atoms with E-state index in [0.29, 0.717) is 23.5 Å². The van der Waals surface area contributed by atoms with Crippen molar-refractivity contribution in [3.05, 3.63) is 0 Å². The molecule has 2 aliphatic carbocycles. The van der Waals surface area contributed by atoms with Crippen LogP contribution in [0.1, 0.15) is 46.0 Å². The van der Waals surface area contributed by atoms with Crippen LogP contribution in [0.5, 0.6) is 0 Å². The highest BCUT2D eigenvalue weighted by molar-refractivity contribution is 5.78. The Balaban J connectivity index is 1.80. The minimum Gasteiger partial charge on any atom is -0.377 e. The molecule has 0 aromatic heterocycles. The van der Waals surface area contributed by atoms with Crippen molar-refractivity contribution < 1.29 is 4.74 Å². The van der Waals surface area contributed by atoms with Crippen LogP contribution in [0.4, 0.5) is 0 Å². The second-order valence-electron chi connectivity index (χ2n) is 6.29. The molecule has 3 unspecified atom stereocenters. The zero-order chi connectivity index (χ0) is 13.5. The van der Waals surface area contributed by atoms with Gasteiger partial charge in [0.1, 0.15) is 0 Å². The summed E-state index contributed by atoms with van der Waals surface area (Å²) in [5.74, 6) is 1.37. The quantitative estimate of drug-likeness (QED) is 0.627. The molecule has 0 aromatic rings. The molecule has 0 radical (unpaired) electrons. The predicted molar refractivity (Wildman–Crippen MR) is 77.1 cm³/mol. The molecule has 4 heteroatoms. The molecule has 3 aliphatic rings. The van der Waals surface area contributed by atoms with Crippen LogP contribution in [0.2, 0.25) is 0 Å². The Bertz CT molecular complexity index is 358. The van der Waals surface area contributed by atoms with Crippen molar-refractivity contribution >= 4 is 5.96 Å². The molecule has 3 rings (SSSR count). The summed E-state index contributed by atoms with van der Waals surface area (Å²) < 4.78 is 5.99. The van der Waals surface area contributed by atoms with Gasteiger partial charge >= 0.3 is 0 Å². The normalized spacial score (nSPS) is 36.3. The molecule has 2 saturated carbocycles. The second kappa shape index (κ2) is 4.97. The highest BCUT2D eigenvalue weighted by Crippen LogP contribution is 2.62. The molecule has 4 nitrogen and oxygen atoms in total. The molecule has 1 saturated heterocycles. The summed E-state index contributed by atoms with van der Waals surface area (Å²) in [6.07, 6.45) is 6.90. The Morgan fingerprint density at radius 3 is 2.63 bits per heavy atom. The first-order valence-electron chi connectivity index (χ1n) is 7.92. The average molecular weight is 265 g/mol. The van der Waals surface area contributed by atoms with Crippen LogP contribution in [0.3, 0.4) is 0 Å². The lowest BCUT2D eigenvalue weighted by Gasteiger charge is -2.54. The lowest BCUT2D eigenvalue weighted by atomic mass is 9.54. The van der Waals surface area contributed by atoms with Gasteiger partial charge in [0.15, 0.2) is 5.96 Å². The van der Waals surface area contributed by atoms with Crippen molar-refractivity contribution in [2.24, 2.45) is 22.1 Å². The minimum atomic E-state index is 0.332. The number of ether oxygens (including phenoxy) is 1. The third-order valence-electron chi connectivity index (χ3n) is 5.59. The van der Waals surface area contributed by atoms with E-state index in [1.54, 1.807) is 0 Å². The number of fused-ring (bicyclic) bond motifs is 2. The van der Waals surface area contributed by atoms with E-state index in [0.717, 1.165) is 25.7 Å². The highest BCUT2D eigenvalue weighted by atomic mass is 16.5. The molecular weight excluding hydrogens is 238 g/mol. The molecule has 2 N–H and O–H groups in total. The van der Waals surface area contributed by atoms with Gasteiger partial charge in [0.25, 0.3) is 0 Å². The van der Waals surface area contributed by atoms with Crippen LogP contribution in [0, 0.1) is 11.3 Å². The summed E-state index contributed by atoms with van der Waals surface area (Å²) in [6.45, 7) is 7.08. The standard InChI is InChI=1S/C15H27N3O/c1-3-18(4-2)14(16)17-12-11-7-10-19-13(11)15(12)8-5-6-9-15/h11-13H,3-10H2,1-2H3,(H2,16,17). The lowest BCUT2D eigenvalue weighted by Crippen LogP contribution is -2.61. The van der Waals surface area contributed by atoms with Crippen molar-refractivity contribution in [1.29, 1.82) is 0 Å². The van der Waals surface area contributed by atoms with Crippen LogP contribution in [-0.4, -0.2) is 42.7 Å². The predicted octanol–water partition coefficient (Wildman–Crippen LogP) is 1.99. The third-order valence-corrected chi connectivity index (χ3v) is 5.59.